The molecule has 1 aliphatic heterocycles. The van der Waals surface area contributed by atoms with Gasteiger partial charge in [0.1, 0.15) is 6.04 Å². The first-order chi connectivity index (χ1) is 13.3. The monoisotopic (exact) mass is 393 g/mol. The molecule has 0 aromatic carbocycles. The summed E-state index contributed by atoms with van der Waals surface area (Å²) in [5.41, 5.74) is 0. The fraction of sp³-hybridized carbons (Fsp3) is 0.857. The smallest absolute Gasteiger partial charge is 0.317 e. The average molecular weight is 394 g/mol. The Morgan fingerprint density at radius 1 is 1.25 bits per heavy atom. The van der Waals surface area contributed by atoms with Crippen molar-refractivity contribution in [2.75, 3.05) is 19.6 Å². The number of likely N-dealkylation sites (tertiary alicyclic amines) is 1. The highest BCUT2D eigenvalue weighted by molar-refractivity contribution is 5.88. The van der Waals surface area contributed by atoms with Crippen molar-refractivity contribution in [1.82, 2.24) is 15.1 Å². The molecule has 7 nitrogen and oxygen atoms in total. The number of aliphatic carboxylic acids is 1. The maximum Gasteiger partial charge on any atom is 0.317 e. The van der Waals surface area contributed by atoms with Crippen LogP contribution in [0.5, 0.6) is 0 Å². The molecule has 1 unspecified atom stereocenters. The summed E-state index contributed by atoms with van der Waals surface area (Å²) < 4.78 is 0. The van der Waals surface area contributed by atoms with Gasteiger partial charge in [0.2, 0.25) is 11.8 Å². The minimum atomic E-state index is -0.784. The number of hydrogen-bond acceptors (Lipinski definition) is 4. The van der Waals surface area contributed by atoms with Gasteiger partial charge in [-0.15, -0.1) is 0 Å². The van der Waals surface area contributed by atoms with E-state index in [1.54, 1.807) is 4.90 Å². The van der Waals surface area contributed by atoms with Gasteiger partial charge in [-0.3, -0.25) is 19.3 Å². The van der Waals surface area contributed by atoms with E-state index in [0.717, 1.165) is 32.2 Å². The van der Waals surface area contributed by atoms with Crippen LogP contribution in [0.15, 0.2) is 0 Å². The van der Waals surface area contributed by atoms with Gasteiger partial charge in [-0.2, -0.15) is 0 Å². The summed E-state index contributed by atoms with van der Waals surface area (Å²) in [6.45, 7) is 5.77. The molecule has 0 bridgehead atoms. The third-order valence-electron chi connectivity index (χ3n) is 6.24. The van der Waals surface area contributed by atoms with Crippen molar-refractivity contribution < 1.29 is 19.5 Å². The van der Waals surface area contributed by atoms with Gasteiger partial charge in [0, 0.05) is 31.6 Å². The highest BCUT2D eigenvalue weighted by Gasteiger charge is 2.39. The predicted molar refractivity (Wildman–Crippen MR) is 106 cm³/mol. The second kappa shape index (κ2) is 9.25. The molecule has 158 valence electrons. The number of carbonyl (C=O) groups excluding carboxylic acids is 2. The Balaban J connectivity index is 1.52. The second-order valence-electron chi connectivity index (χ2n) is 9.29. The first-order valence-corrected chi connectivity index (χ1v) is 10.9. The van der Waals surface area contributed by atoms with Crippen LogP contribution in [-0.2, 0) is 14.4 Å². The van der Waals surface area contributed by atoms with Gasteiger partial charge < -0.3 is 15.3 Å². The third kappa shape index (κ3) is 5.69. The molecule has 0 radical (unpaired) electrons. The Bertz CT molecular complexity index is 584. The number of piperidine rings is 1. The zero-order chi connectivity index (χ0) is 20.3. The topological polar surface area (TPSA) is 89.9 Å². The van der Waals surface area contributed by atoms with E-state index in [0.29, 0.717) is 31.2 Å². The molecule has 3 fully saturated rings. The van der Waals surface area contributed by atoms with Crippen LogP contribution in [0.1, 0.15) is 65.2 Å². The van der Waals surface area contributed by atoms with Crippen molar-refractivity contribution in [2.24, 2.45) is 11.8 Å². The van der Waals surface area contributed by atoms with Crippen LogP contribution < -0.4 is 5.32 Å². The Morgan fingerprint density at radius 2 is 1.96 bits per heavy atom. The first-order valence-electron chi connectivity index (χ1n) is 10.9. The molecular weight excluding hydrogens is 358 g/mol. The van der Waals surface area contributed by atoms with Crippen LogP contribution in [-0.4, -0.2) is 70.4 Å². The van der Waals surface area contributed by atoms with Crippen LogP contribution in [0.4, 0.5) is 0 Å². The van der Waals surface area contributed by atoms with E-state index in [1.165, 1.54) is 12.8 Å². The normalized spacial score (nSPS) is 26.3. The lowest BCUT2D eigenvalue weighted by atomic mass is 9.84. The summed E-state index contributed by atoms with van der Waals surface area (Å²) in [4.78, 5) is 40.3. The highest BCUT2D eigenvalue weighted by atomic mass is 16.4. The average Bonchev–Trinajstić information content (AvgIpc) is 3.39. The maximum atomic E-state index is 13.0. The van der Waals surface area contributed by atoms with Crippen molar-refractivity contribution in [2.45, 2.75) is 83.3 Å². The lowest BCUT2D eigenvalue weighted by Gasteiger charge is -2.44. The highest BCUT2D eigenvalue weighted by Crippen LogP contribution is 2.34. The first kappa shape index (κ1) is 21.1. The Labute approximate surface area is 167 Å². The number of carboxylic acids is 1. The number of nitrogens with zero attached hydrogens (tertiary/aromatic N) is 2. The van der Waals surface area contributed by atoms with E-state index in [-0.39, 0.29) is 36.5 Å². The number of amides is 2. The molecule has 0 aromatic rings. The van der Waals surface area contributed by atoms with Crippen molar-refractivity contribution >= 4 is 17.8 Å². The van der Waals surface area contributed by atoms with Gasteiger partial charge in [0.05, 0.1) is 6.54 Å². The zero-order valence-corrected chi connectivity index (χ0v) is 17.2. The van der Waals surface area contributed by atoms with Gasteiger partial charge in [-0.05, 0) is 56.8 Å². The number of nitrogens with one attached hydrogen (secondary N) is 1. The lowest BCUT2D eigenvalue weighted by molar-refractivity contribution is -0.144. The molecule has 1 heterocycles. The van der Waals surface area contributed by atoms with E-state index >= 15 is 0 Å². The molecular formula is C21H35N3O4. The van der Waals surface area contributed by atoms with Crippen molar-refractivity contribution in [3.05, 3.63) is 0 Å². The Hall–Kier alpha value is -1.63. The fourth-order valence-electron chi connectivity index (χ4n) is 4.43. The number of carbonyl (C=O) groups is 3. The molecule has 2 aliphatic carbocycles. The Kier molecular flexibility index (Phi) is 6.96. The van der Waals surface area contributed by atoms with Gasteiger partial charge >= 0.3 is 5.97 Å². The molecule has 2 amide bonds. The fourth-order valence-corrected chi connectivity index (χ4v) is 4.43. The summed E-state index contributed by atoms with van der Waals surface area (Å²) in [7, 11) is 0. The van der Waals surface area contributed by atoms with E-state index in [4.69, 9.17) is 0 Å². The summed E-state index contributed by atoms with van der Waals surface area (Å²) in [6, 6.07) is -0.0573. The molecule has 0 spiro atoms. The Morgan fingerprint density at radius 3 is 2.54 bits per heavy atom. The summed E-state index contributed by atoms with van der Waals surface area (Å²) >= 11 is 0. The number of hydrogen-bond donors (Lipinski definition) is 2. The molecule has 3 aliphatic rings. The van der Waals surface area contributed by atoms with Crippen LogP contribution in [0.25, 0.3) is 0 Å². The van der Waals surface area contributed by atoms with Crippen molar-refractivity contribution in [3.8, 4) is 0 Å². The maximum absolute atomic E-state index is 13.0. The summed E-state index contributed by atoms with van der Waals surface area (Å²) in [5.74, 6) is 0.251. The summed E-state index contributed by atoms with van der Waals surface area (Å²) in [5, 5.41) is 12.3. The van der Waals surface area contributed by atoms with E-state index in [1.807, 2.05) is 0 Å². The van der Waals surface area contributed by atoms with Crippen LogP contribution >= 0.6 is 0 Å². The van der Waals surface area contributed by atoms with Gasteiger partial charge in [-0.25, -0.2) is 0 Å². The molecule has 1 atom stereocenters. The van der Waals surface area contributed by atoms with Gasteiger partial charge in [0.25, 0.3) is 0 Å². The molecule has 2 saturated carbocycles. The van der Waals surface area contributed by atoms with Gasteiger partial charge in [0.15, 0.2) is 0 Å². The third-order valence-corrected chi connectivity index (χ3v) is 6.24. The second-order valence-corrected chi connectivity index (χ2v) is 9.29. The lowest BCUT2D eigenvalue weighted by Crippen LogP contribution is -2.59. The molecule has 3 rings (SSSR count). The molecule has 1 saturated heterocycles. The van der Waals surface area contributed by atoms with Gasteiger partial charge in [-0.1, -0.05) is 13.8 Å². The minimum Gasteiger partial charge on any atom is -0.480 e. The number of carboxylic acid groups (broad SMARTS) is 1. The number of rotatable bonds is 10. The molecule has 2 N–H and O–H groups in total. The standard InChI is InChI=1S/C21H35N3O4/c1-14(2)9-18(24-8-4-3-5-19(24)25)21(28)22-16-10-17(11-16)23(13-20(26)27)12-15-6-7-15/h14-18H,3-13H2,1-2H3,(H,22,28)(H,26,27). The SMILES string of the molecule is CC(C)CC(C(=O)NC1CC(N(CC(=O)O)CC2CC2)C1)N1CCCCC1=O. The van der Waals surface area contributed by atoms with Crippen molar-refractivity contribution in [1.29, 1.82) is 0 Å². The minimum absolute atomic E-state index is 0.0422. The largest absolute Gasteiger partial charge is 0.480 e. The molecule has 28 heavy (non-hydrogen) atoms. The van der Waals surface area contributed by atoms with E-state index < -0.39 is 5.97 Å². The zero-order valence-electron chi connectivity index (χ0n) is 17.2. The molecule has 0 aromatic heterocycles. The van der Waals surface area contributed by atoms with Crippen LogP contribution in [0.2, 0.25) is 0 Å². The quantitative estimate of drug-likeness (QED) is 0.591. The molecule has 7 heteroatoms. The van der Waals surface area contributed by atoms with E-state index in [2.05, 4.69) is 24.1 Å². The van der Waals surface area contributed by atoms with Crippen LogP contribution in [0, 0.1) is 11.8 Å². The van der Waals surface area contributed by atoms with Crippen molar-refractivity contribution in [3.63, 3.8) is 0 Å². The summed E-state index contributed by atoms with van der Waals surface area (Å²) in [6.07, 6.45) is 7.09. The van der Waals surface area contributed by atoms with E-state index in [9.17, 15) is 19.5 Å². The van der Waals surface area contributed by atoms with Crippen LogP contribution in [0.3, 0.4) is 0 Å². The predicted octanol–water partition coefficient (Wildman–Crippen LogP) is 1.86.